The third kappa shape index (κ3) is 2.32. The molecule has 1 heteroatoms. The summed E-state index contributed by atoms with van der Waals surface area (Å²) in [6.07, 6.45) is 1.06. The molecule has 2 aromatic carbocycles. The van der Waals surface area contributed by atoms with E-state index in [4.69, 9.17) is 5.73 Å². The summed E-state index contributed by atoms with van der Waals surface area (Å²) in [4.78, 5) is 0. The minimum atomic E-state index is -0.433. The van der Waals surface area contributed by atoms with E-state index in [0.29, 0.717) is 0 Å². The normalized spacial score (nSPS) is 14.2. The average Bonchev–Trinajstić information content (AvgIpc) is 2.39. The van der Waals surface area contributed by atoms with Crippen LogP contribution < -0.4 is 5.73 Å². The van der Waals surface area contributed by atoms with E-state index in [0.717, 1.165) is 12.0 Å². The maximum Gasteiger partial charge on any atom is 0.0639 e. The molecular weight excluding hydrogens is 218 g/mol. The second-order valence-electron chi connectivity index (χ2n) is 5.07. The van der Waals surface area contributed by atoms with Crippen LogP contribution in [0.25, 0.3) is 0 Å². The lowest BCUT2D eigenvalue weighted by Crippen LogP contribution is -2.35. The number of nitrogens with two attached hydrogens (primary N) is 1. The zero-order chi connectivity index (χ0) is 13.2. The molecule has 18 heavy (non-hydrogen) atoms. The van der Waals surface area contributed by atoms with Crippen LogP contribution in [0.1, 0.15) is 36.1 Å². The first-order valence-electron chi connectivity index (χ1n) is 6.50. The van der Waals surface area contributed by atoms with Crippen LogP contribution in [0.3, 0.4) is 0 Å². The van der Waals surface area contributed by atoms with Gasteiger partial charge < -0.3 is 5.73 Å². The lowest BCUT2D eigenvalue weighted by atomic mass is 9.83. The van der Waals surface area contributed by atoms with Crippen molar-refractivity contribution in [3.05, 3.63) is 70.8 Å². The fraction of sp³-hybridized carbons (Fsp3) is 0.294. The molecule has 2 rings (SSSR count). The molecule has 0 fully saturated rings. The first-order valence-corrected chi connectivity index (χ1v) is 6.50. The molecule has 0 amide bonds. The summed E-state index contributed by atoms with van der Waals surface area (Å²) in [7, 11) is 0. The fourth-order valence-electron chi connectivity index (χ4n) is 2.40. The molecule has 0 bridgehead atoms. The van der Waals surface area contributed by atoms with E-state index < -0.39 is 5.54 Å². The van der Waals surface area contributed by atoms with Gasteiger partial charge in [-0.25, -0.2) is 0 Å². The Morgan fingerprint density at radius 1 is 1.00 bits per heavy atom. The Labute approximate surface area is 110 Å². The van der Waals surface area contributed by atoms with Gasteiger partial charge in [0.2, 0.25) is 0 Å². The maximum absolute atomic E-state index is 6.55. The molecule has 0 saturated carbocycles. The zero-order valence-corrected chi connectivity index (χ0v) is 11.4. The van der Waals surface area contributed by atoms with Gasteiger partial charge in [-0.1, -0.05) is 55.5 Å². The average molecular weight is 239 g/mol. The van der Waals surface area contributed by atoms with Crippen molar-refractivity contribution in [2.75, 3.05) is 0 Å². The molecule has 1 nitrogen and oxygen atoms in total. The number of hydrogen-bond acceptors (Lipinski definition) is 1. The van der Waals surface area contributed by atoms with Crippen molar-refractivity contribution in [2.24, 2.45) is 5.73 Å². The number of hydrogen-bond donors (Lipinski definition) is 1. The van der Waals surface area contributed by atoms with Gasteiger partial charge in [0, 0.05) is 0 Å². The van der Waals surface area contributed by atoms with Crippen LogP contribution in [0.15, 0.2) is 48.5 Å². The molecule has 0 aliphatic rings. The standard InChI is InChI=1S/C17H21N/c1-4-14-9-11-15(12-10-14)17(3,18)16-8-6-5-7-13(16)2/h5-12H,4,18H2,1-3H3. The minimum absolute atomic E-state index is 0.433. The van der Waals surface area contributed by atoms with Crippen LogP contribution in [0.2, 0.25) is 0 Å². The van der Waals surface area contributed by atoms with E-state index in [1.54, 1.807) is 0 Å². The van der Waals surface area contributed by atoms with Crippen molar-refractivity contribution < 1.29 is 0 Å². The third-order valence-electron chi connectivity index (χ3n) is 3.67. The Balaban J connectivity index is 2.44. The molecule has 0 saturated heterocycles. The SMILES string of the molecule is CCc1ccc(C(C)(N)c2ccccc2C)cc1. The molecule has 1 unspecified atom stereocenters. The summed E-state index contributed by atoms with van der Waals surface area (Å²) in [5.41, 5.74) is 11.1. The van der Waals surface area contributed by atoms with Gasteiger partial charge in [0.05, 0.1) is 5.54 Å². The van der Waals surface area contributed by atoms with Crippen LogP contribution in [-0.2, 0) is 12.0 Å². The van der Waals surface area contributed by atoms with Crippen LogP contribution in [0, 0.1) is 6.92 Å². The molecule has 0 spiro atoms. The maximum atomic E-state index is 6.55. The molecule has 2 N–H and O–H groups in total. The zero-order valence-electron chi connectivity index (χ0n) is 11.4. The molecule has 1 atom stereocenters. The highest BCUT2D eigenvalue weighted by Gasteiger charge is 2.24. The number of benzene rings is 2. The molecule has 0 radical (unpaired) electrons. The van der Waals surface area contributed by atoms with Crippen LogP contribution in [0.4, 0.5) is 0 Å². The number of rotatable bonds is 3. The van der Waals surface area contributed by atoms with Gasteiger partial charge in [0.25, 0.3) is 0 Å². The molecule has 0 aliphatic carbocycles. The second kappa shape index (κ2) is 4.95. The molecule has 94 valence electrons. The smallest absolute Gasteiger partial charge is 0.0639 e. The predicted octanol–water partition coefficient (Wildman–Crippen LogP) is 3.78. The van der Waals surface area contributed by atoms with E-state index in [-0.39, 0.29) is 0 Å². The van der Waals surface area contributed by atoms with E-state index in [2.05, 4.69) is 63.2 Å². The van der Waals surface area contributed by atoms with Crippen molar-refractivity contribution in [2.45, 2.75) is 32.7 Å². The molecule has 0 aromatic heterocycles. The van der Waals surface area contributed by atoms with E-state index in [9.17, 15) is 0 Å². The van der Waals surface area contributed by atoms with E-state index in [1.807, 2.05) is 6.07 Å². The topological polar surface area (TPSA) is 26.0 Å². The second-order valence-corrected chi connectivity index (χ2v) is 5.07. The first-order chi connectivity index (χ1) is 8.55. The quantitative estimate of drug-likeness (QED) is 0.866. The summed E-state index contributed by atoms with van der Waals surface area (Å²) >= 11 is 0. The Morgan fingerprint density at radius 2 is 1.61 bits per heavy atom. The monoisotopic (exact) mass is 239 g/mol. The highest BCUT2D eigenvalue weighted by Crippen LogP contribution is 2.28. The number of aryl methyl sites for hydroxylation is 2. The van der Waals surface area contributed by atoms with Gasteiger partial charge in [-0.15, -0.1) is 0 Å². The summed E-state index contributed by atoms with van der Waals surface area (Å²) in [6, 6.07) is 16.9. The van der Waals surface area contributed by atoms with Crippen molar-refractivity contribution in [3.63, 3.8) is 0 Å². The van der Waals surface area contributed by atoms with Crippen LogP contribution >= 0.6 is 0 Å². The molecule has 0 heterocycles. The van der Waals surface area contributed by atoms with Crippen LogP contribution in [0.5, 0.6) is 0 Å². The van der Waals surface area contributed by atoms with Gasteiger partial charge in [-0.2, -0.15) is 0 Å². The summed E-state index contributed by atoms with van der Waals surface area (Å²) in [5.74, 6) is 0. The van der Waals surface area contributed by atoms with Gasteiger partial charge in [-0.05, 0) is 42.5 Å². The highest BCUT2D eigenvalue weighted by molar-refractivity contribution is 5.41. The summed E-state index contributed by atoms with van der Waals surface area (Å²) in [5, 5.41) is 0. The fourth-order valence-corrected chi connectivity index (χ4v) is 2.40. The van der Waals surface area contributed by atoms with Crippen molar-refractivity contribution in [1.82, 2.24) is 0 Å². The summed E-state index contributed by atoms with van der Waals surface area (Å²) < 4.78 is 0. The molecular formula is C17H21N. The van der Waals surface area contributed by atoms with Crippen molar-refractivity contribution >= 4 is 0 Å². The molecule has 2 aromatic rings. The Hall–Kier alpha value is -1.60. The predicted molar refractivity (Wildman–Crippen MR) is 77.6 cm³/mol. The van der Waals surface area contributed by atoms with E-state index in [1.165, 1.54) is 16.7 Å². The third-order valence-corrected chi connectivity index (χ3v) is 3.67. The van der Waals surface area contributed by atoms with Gasteiger partial charge >= 0.3 is 0 Å². The van der Waals surface area contributed by atoms with Gasteiger partial charge in [0.1, 0.15) is 0 Å². The summed E-state index contributed by atoms with van der Waals surface area (Å²) in [6.45, 7) is 6.36. The Bertz CT molecular complexity index is 524. The largest absolute Gasteiger partial charge is 0.318 e. The van der Waals surface area contributed by atoms with Crippen molar-refractivity contribution in [3.8, 4) is 0 Å². The first kappa shape index (κ1) is 12.8. The lowest BCUT2D eigenvalue weighted by Gasteiger charge is -2.28. The van der Waals surface area contributed by atoms with Gasteiger partial charge in [-0.3, -0.25) is 0 Å². The van der Waals surface area contributed by atoms with Crippen LogP contribution in [-0.4, -0.2) is 0 Å². The lowest BCUT2D eigenvalue weighted by molar-refractivity contribution is 0.598. The Morgan fingerprint density at radius 3 is 2.17 bits per heavy atom. The Kier molecular flexibility index (Phi) is 3.53. The minimum Gasteiger partial charge on any atom is -0.318 e. The van der Waals surface area contributed by atoms with E-state index >= 15 is 0 Å². The van der Waals surface area contributed by atoms with Crippen molar-refractivity contribution in [1.29, 1.82) is 0 Å². The molecule has 0 aliphatic heterocycles. The van der Waals surface area contributed by atoms with Gasteiger partial charge in [0.15, 0.2) is 0 Å². The highest BCUT2D eigenvalue weighted by atomic mass is 14.7.